The maximum absolute atomic E-state index is 5.91. The molecule has 0 saturated heterocycles. The molecule has 0 aliphatic rings. The van der Waals surface area contributed by atoms with Crippen LogP contribution >= 0.6 is 35.2 Å². The highest BCUT2D eigenvalue weighted by Crippen LogP contribution is 2.28. The number of rotatable bonds is 4. The van der Waals surface area contributed by atoms with Crippen LogP contribution in [0, 0.1) is 0 Å². The van der Waals surface area contributed by atoms with E-state index >= 15 is 0 Å². The van der Waals surface area contributed by atoms with Crippen LogP contribution < -0.4 is 11.1 Å². The zero-order chi connectivity index (χ0) is 13.1. The van der Waals surface area contributed by atoms with Gasteiger partial charge in [-0.25, -0.2) is 4.98 Å². The van der Waals surface area contributed by atoms with Crippen molar-refractivity contribution in [1.29, 1.82) is 0 Å². The number of hydrogen-bond acceptors (Lipinski definition) is 4. The standard InChI is InChI=1S/C12H12ClN3S2/c1-7(9-3-4-10(13)18-9)16-11-5-2-8(6-15-11)12(14)17/h2-7H,1H3,(H2,14,17)(H,15,16). The first-order chi connectivity index (χ1) is 8.56. The summed E-state index contributed by atoms with van der Waals surface area (Å²) in [5, 5.41) is 3.29. The zero-order valence-electron chi connectivity index (χ0n) is 9.68. The topological polar surface area (TPSA) is 50.9 Å². The molecule has 0 spiro atoms. The molecule has 2 aromatic rings. The first-order valence-corrected chi connectivity index (χ1v) is 6.94. The zero-order valence-corrected chi connectivity index (χ0v) is 12.1. The van der Waals surface area contributed by atoms with E-state index in [0.717, 1.165) is 15.7 Å². The molecule has 0 aliphatic heterocycles. The maximum Gasteiger partial charge on any atom is 0.126 e. The number of thiophene rings is 1. The van der Waals surface area contributed by atoms with Crippen LogP contribution in [0.1, 0.15) is 23.4 Å². The highest BCUT2D eigenvalue weighted by Gasteiger charge is 2.08. The molecule has 2 rings (SSSR count). The van der Waals surface area contributed by atoms with Crippen molar-refractivity contribution in [2.75, 3.05) is 5.32 Å². The van der Waals surface area contributed by atoms with E-state index in [-0.39, 0.29) is 6.04 Å². The second-order valence-electron chi connectivity index (χ2n) is 3.80. The minimum atomic E-state index is 0.158. The van der Waals surface area contributed by atoms with Crippen molar-refractivity contribution in [2.24, 2.45) is 5.73 Å². The summed E-state index contributed by atoms with van der Waals surface area (Å²) in [6, 6.07) is 7.77. The molecule has 2 heterocycles. The van der Waals surface area contributed by atoms with E-state index in [4.69, 9.17) is 29.6 Å². The third-order valence-corrected chi connectivity index (χ3v) is 4.08. The minimum absolute atomic E-state index is 0.158. The first-order valence-electron chi connectivity index (χ1n) is 5.34. The predicted octanol–water partition coefficient (Wildman–Crippen LogP) is 3.60. The highest BCUT2D eigenvalue weighted by atomic mass is 35.5. The second kappa shape index (κ2) is 5.65. The number of aromatic nitrogens is 1. The van der Waals surface area contributed by atoms with Crippen LogP contribution in [0.2, 0.25) is 4.34 Å². The third kappa shape index (κ3) is 3.19. The Balaban J connectivity index is 2.07. The third-order valence-electron chi connectivity index (χ3n) is 2.43. The van der Waals surface area contributed by atoms with E-state index in [9.17, 15) is 0 Å². The van der Waals surface area contributed by atoms with Crippen LogP contribution in [0.15, 0.2) is 30.5 Å². The average molecular weight is 298 g/mol. The van der Waals surface area contributed by atoms with Crippen molar-refractivity contribution in [3.63, 3.8) is 0 Å². The summed E-state index contributed by atoms with van der Waals surface area (Å²) < 4.78 is 0.787. The lowest BCUT2D eigenvalue weighted by molar-refractivity contribution is 0.896. The second-order valence-corrected chi connectivity index (χ2v) is 5.99. The van der Waals surface area contributed by atoms with E-state index in [1.165, 1.54) is 4.88 Å². The van der Waals surface area contributed by atoms with Gasteiger partial charge in [0.25, 0.3) is 0 Å². The van der Waals surface area contributed by atoms with Crippen LogP contribution in [0.25, 0.3) is 0 Å². The fraction of sp³-hybridized carbons (Fsp3) is 0.167. The molecule has 94 valence electrons. The van der Waals surface area contributed by atoms with Crippen LogP contribution in [0.4, 0.5) is 5.82 Å². The van der Waals surface area contributed by atoms with Gasteiger partial charge >= 0.3 is 0 Å². The molecule has 0 aliphatic carbocycles. The van der Waals surface area contributed by atoms with Gasteiger partial charge in [-0.2, -0.15) is 0 Å². The quantitative estimate of drug-likeness (QED) is 0.847. The van der Waals surface area contributed by atoms with E-state index in [0.29, 0.717) is 4.99 Å². The van der Waals surface area contributed by atoms with Gasteiger partial charge in [-0.1, -0.05) is 23.8 Å². The molecule has 0 bridgehead atoms. The molecule has 3 N–H and O–H groups in total. The van der Waals surface area contributed by atoms with Crippen molar-refractivity contribution in [2.45, 2.75) is 13.0 Å². The lowest BCUT2D eigenvalue weighted by atomic mass is 10.2. The summed E-state index contributed by atoms with van der Waals surface area (Å²) in [5.74, 6) is 0.784. The van der Waals surface area contributed by atoms with E-state index < -0.39 is 0 Å². The number of anilines is 1. The summed E-state index contributed by atoms with van der Waals surface area (Å²) in [6.45, 7) is 2.06. The molecule has 1 atom stereocenters. The Morgan fingerprint density at radius 1 is 1.44 bits per heavy atom. The SMILES string of the molecule is CC(Nc1ccc(C(N)=S)cn1)c1ccc(Cl)s1. The molecule has 3 nitrogen and oxygen atoms in total. The number of pyridine rings is 1. The van der Waals surface area contributed by atoms with Gasteiger partial charge in [0.05, 0.1) is 10.4 Å². The molecule has 0 amide bonds. The van der Waals surface area contributed by atoms with Crippen LogP contribution in [-0.4, -0.2) is 9.97 Å². The largest absolute Gasteiger partial charge is 0.389 e. The molecule has 6 heteroatoms. The van der Waals surface area contributed by atoms with Crippen molar-refractivity contribution >= 4 is 46.0 Å². The fourth-order valence-corrected chi connectivity index (χ4v) is 2.66. The predicted molar refractivity (Wildman–Crippen MR) is 81.5 cm³/mol. The van der Waals surface area contributed by atoms with Gasteiger partial charge in [0.2, 0.25) is 0 Å². The molecular formula is C12H12ClN3S2. The summed E-state index contributed by atoms with van der Waals surface area (Å²) in [5.41, 5.74) is 6.28. The molecule has 2 aromatic heterocycles. The average Bonchev–Trinajstić information content (AvgIpc) is 2.76. The summed E-state index contributed by atoms with van der Waals surface area (Å²) in [4.78, 5) is 5.79. The fourth-order valence-electron chi connectivity index (χ4n) is 1.48. The van der Waals surface area contributed by atoms with Crippen molar-refractivity contribution in [3.8, 4) is 0 Å². The van der Waals surface area contributed by atoms with Crippen LogP contribution in [0.5, 0.6) is 0 Å². The molecule has 0 fully saturated rings. The van der Waals surface area contributed by atoms with E-state index in [1.807, 2.05) is 24.3 Å². The van der Waals surface area contributed by atoms with Gasteiger partial charge in [-0.3, -0.25) is 0 Å². The highest BCUT2D eigenvalue weighted by molar-refractivity contribution is 7.80. The van der Waals surface area contributed by atoms with E-state index in [1.54, 1.807) is 17.5 Å². The first kappa shape index (κ1) is 13.3. The van der Waals surface area contributed by atoms with Crippen molar-refractivity contribution in [1.82, 2.24) is 4.98 Å². The monoisotopic (exact) mass is 297 g/mol. The lowest BCUT2D eigenvalue weighted by Crippen LogP contribution is -2.11. The number of halogens is 1. The molecule has 0 radical (unpaired) electrons. The van der Waals surface area contributed by atoms with E-state index in [2.05, 4.69) is 17.2 Å². The molecule has 0 aromatic carbocycles. The van der Waals surface area contributed by atoms with Crippen molar-refractivity contribution < 1.29 is 0 Å². The smallest absolute Gasteiger partial charge is 0.126 e. The number of nitrogens with zero attached hydrogens (tertiary/aromatic N) is 1. The summed E-state index contributed by atoms with van der Waals surface area (Å²) in [7, 11) is 0. The molecule has 1 unspecified atom stereocenters. The maximum atomic E-state index is 5.91. The normalized spacial score (nSPS) is 12.1. The summed E-state index contributed by atoms with van der Waals surface area (Å²) in [6.07, 6.45) is 1.67. The number of thiocarbonyl (C=S) groups is 1. The number of nitrogens with one attached hydrogen (secondary N) is 1. The molecule has 18 heavy (non-hydrogen) atoms. The van der Waals surface area contributed by atoms with Crippen LogP contribution in [0.3, 0.4) is 0 Å². The van der Waals surface area contributed by atoms with Gasteiger partial charge in [0.1, 0.15) is 10.8 Å². The summed E-state index contributed by atoms with van der Waals surface area (Å²) >= 11 is 12.3. The van der Waals surface area contributed by atoms with Gasteiger partial charge in [0.15, 0.2) is 0 Å². The van der Waals surface area contributed by atoms with Crippen molar-refractivity contribution in [3.05, 3.63) is 45.2 Å². The van der Waals surface area contributed by atoms with Gasteiger partial charge in [-0.05, 0) is 31.2 Å². The Morgan fingerprint density at radius 3 is 2.72 bits per heavy atom. The number of nitrogens with two attached hydrogens (primary N) is 1. The Morgan fingerprint density at radius 2 is 2.22 bits per heavy atom. The Labute approximate surface area is 120 Å². The molecule has 0 saturated carbocycles. The lowest BCUT2D eigenvalue weighted by Gasteiger charge is -2.12. The Hall–Kier alpha value is -1.17. The Bertz CT molecular complexity index is 551. The Kier molecular flexibility index (Phi) is 4.16. The van der Waals surface area contributed by atoms with Crippen LogP contribution in [-0.2, 0) is 0 Å². The van der Waals surface area contributed by atoms with Gasteiger partial charge in [0, 0.05) is 16.6 Å². The van der Waals surface area contributed by atoms with Gasteiger partial charge in [-0.15, -0.1) is 11.3 Å². The minimum Gasteiger partial charge on any atom is -0.389 e. The molecular weight excluding hydrogens is 286 g/mol. The number of hydrogen-bond donors (Lipinski definition) is 2. The van der Waals surface area contributed by atoms with Gasteiger partial charge < -0.3 is 11.1 Å².